The molecule has 0 N–H and O–H groups in total. The molecule has 144 valence electrons. The fourth-order valence-corrected chi connectivity index (χ4v) is 5.36. The summed E-state index contributed by atoms with van der Waals surface area (Å²) in [6.07, 6.45) is 4.21. The number of fused-ring (bicyclic) bond motifs is 3. The summed E-state index contributed by atoms with van der Waals surface area (Å²) in [6, 6.07) is 5.17. The molecule has 1 fully saturated rings. The van der Waals surface area contributed by atoms with E-state index in [9.17, 15) is 18.0 Å². The third kappa shape index (κ3) is 3.30. The maximum atomic E-state index is 12.5. The lowest BCUT2D eigenvalue weighted by Crippen LogP contribution is -2.52. The zero-order valence-corrected chi connectivity index (χ0v) is 15.9. The van der Waals surface area contributed by atoms with Crippen molar-refractivity contribution in [3.05, 3.63) is 29.3 Å². The second kappa shape index (κ2) is 6.66. The molecule has 2 unspecified atom stereocenters. The standard InChI is InChI=1S/C19H23F3O3S/c1-17-9-4-10-18(2,16(23)24-3)15(17)8-6-12-5-7-13(11-14(12)17)25-26-19(20,21)22/h5,7,11,15H,4,6,8-10H2,1-3H3/t15?,17-,18?/m1/s1. The Balaban J connectivity index is 1.96. The molecule has 0 aromatic heterocycles. The van der Waals surface area contributed by atoms with E-state index in [2.05, 4.69) is 6.92 Å². The van der Waals surface area contributed by atoms with Crippen LogP contribution in [-0.4, -0.2) is 18.6 Å². The topological polar surface area (TPSA) is 35.5 Å². The molecule has 2 aliphatic carbocycles. The van der Waals surface area contributed by atoms with Crippen LogP contribution >= 0.6 is 12.0 Å². The summed E-state index contributed by atoms with van der Waals surface area (Å²) in [5.74, 6) is 0.0874. The molecule has 0 spiro atoms. The van der Waals surface area contributed by atoms with Gasteiger partial charge in [-0.2, -0.15) is 13.2 Å². The Hall–Kier alpha value is -1.37. The molecule has 7 heteroatoms. The lowest BCUT2D eigenvalue weighted by Gasteiger charge is -2.54. The smallest absolute Gasteiger partial charge is 0.469 e. The summed E-state index contributed by atoms with van der Waals surface area (Å²) in [5.41, 5.74) is -3.17. The zero-order chi connectivity index (χ0) is 19.2. The van der Waals surface area contributed by atoms with Crippen LogP contribution in [0.25, 0.3) is 0 Å². The van der Waals surface area contributed by atoms with Crippen LogP contribution in [0.1, 0.15) is 50.7 Å². The Labute approximate surface area is 155 Å². The van der Waals surface area contributed by atoms with Gasteiger partial charge in [0.1, 0.15) is 5.75 Å². The van der Waals surface area contributed by atoms with E-state index in [1.807, 2.05) is 13.0 Å². The van der Waals surface area contributed by atoms with Gasteiger partial charge < -0.3 is 8.92 Å². The number of rotatable bonds is 3. The Morgan fingerprint density at radius 2 is 2.00 bits per heavy atom. The number of aryl methyl sites for hydroxylation is 1. The molecule has 0 amide bonds. The molecule has 0 aliphatic heterocycles. The second-order valence-corrected chi connectivity index (χ2v) is 8.50. The Morgan fingerprint density at radius 1 is 1.27 bits per heavy atom. The molecule has 26 heavy (non-hydrogen) atoms. The van der Waals surface area contributed by atoms with Gasteiger partial charge in [0.25, 0.3) is 0 Å². The summed E-state index contributed by atoms with van der Waals surface area (Å²) >= 11 is -0.500. The predicted octanol–water partition coefficient (Wildman–Crippen LogP) is 5.42. The van der Waals surface area contributed by atoms with Crippen molar-refractivity contribution in [1.82, 2.24) is 0 Å². The van der Waals surface area contributed by atoms with Crippen molar-refractivity contribution in [2.75, 3.05) is 7.11 Å². The van der Waals surface area contributed by atoms with Crippen LogP contribution < -0.4 is 4.18 Å². The van der Waals surface area contributed by atoms with Gasteiger partial charge in [0.05, 0.1) is 12.5 Å². The summed E-state index contributed by atoms with van der Waals surface area (Å²) < 4.78 is 47.3. The van der Waals surface area contributed by atoms with E-state index in [-0.39, 0.29) is 23.1 Å². The lowest BCUT2D eigenvalue weighted by atomic mass is 9.50. The van der Waals surface area contributed by atoms with Gasteiger partial charge in [-0.25, -0.2) is 0 Å². The third-order valence-corrected chi connectivity index (χ3v) is 6.68. The minimum Gasteiger partial charge on any atom is -0.469 e. The highest BCUT2D eigenvalue weighted by Gasteiger charge is 2.55. The first-order chi connectivity index (χ1) is 12.1. The van der Waals surface area contributed by atoms with Gasteiger partial charge in [0.2, 0.25) is 0 Å². The van der Waals surface area contributed by atoms with Crippen molar-refractivity contribution < 1.29 is 26.9 Å². The number of methoxy groups -OCH3 is 1. The fourth-order valence-electron chi connectivity index (χ4n) is 5.06. The van der Waals surface area contributed by atoms with E-state index < -0.39 is 23.0 Å². The minimum atomic E-state index is -4.45. The first-order valence-electron chi connectivity index (χ1n) is 8.74. The Morgan fingerprint density at radius 3 is 2.65 bits per heavy atom. The normalized spacial score (nSPS) is 30.9. The van der Waals surface area contributed by atoms with Gasteiger partial charge in [-0.3, -0.25) is 4.79 Å². The van der Waals surface area contributed by atoms with Crippen LogP contribution in [0.2, 0.25) is 0 Å². The number of alkyl halides is 3. The average molecular weight is 388 g/mol. The summed E-state index contributed by atoms with van der Waals surface area (Å²) in [4.78, 5) is 12.5. The third-order valence-electron chi connectivity index (χ3n) is 6.21. The van der Waals surface area contributed by atoms with Crippen LogP contribution in [0.15, 0.2) is 18.2 Å². The highest BCUT2D eigenvalue weighted by molar-refractivity contribution is 7.95. The molecule has 1 saturated carbocycles. The zero-order valence-electron chi connectivity index (χ0n) is 15.1. The molecular formula is C19H23F3O3S. The summed E-state index contributed by atoms with van der Waals surface area (Å²) in [7, 11) is 1.41. The van der Waals surface area contributed by atoms with Crippen LogP contribution in [0.5, 0.6) is 5.75 Å². The molecule has 0 bridgehead atoms. The van der Waals surface area contributed by atoms with E-state index in [1.165, 1.54) is 7.11 Å². The number of hydrogen-bond donors (Lipinski definition) is 0. The van der Waals surface area contributed by atoms with E-state index in [0.29, 0.717) is 0 Å². The number of halogens is 3. The molecule has 3 nitrogen and oxygen atoms in total. The molecule has 0 heterocycles. The number of esters is 1. The van der Waals surface area contributed by atoms with Gasteiger partial charge in [-0.05, 0) is 67.2 Å². The maximum Gasteiger partial charge on any atom is 0.479 e. The van der Waals surface area contributed by atoms with Gasteiger partial charge in [-0.15, -0.1) is 0 Å². The molecule has 0 radical (unpaired) electrons. The fraction of sp³-hybridized carbons (Fsp3) is 0.632. The second-order valence-electron chi connectivity index (χ2n) is 7.70. The number of hydrogen-bond acceptors (Lipinski definition) is 4. The number of carbonyl (C=O) groups is 1. The lowest BCUT2D eigenvalue weighted by molar-refractivity contribution is -0.161. The largest absolute Gasteiger partial charge is 0.479 e. The van der Waals surface area contributed by atoms with E-state index in [4.69, 9.17) is 8.92 Å². The number of ether oxygens (including phenoxy) is 1. The Kier molecular flexibility index (Phi) is 4.97. The van der Waals surface area contributed by atoms with Crippen molar-refractivity contribution in [1.29, 1.82) is 0 Å². The average Bonchev–Trinajstić information content (AvgIpc) is 2.58. The molecule has 2 aliphatic rings. The molecule has 3 atom stereocenters. The Bertz CT molecular complexity index is 706. The SMILES string of the molecule is COC(=O)C1(C)CCC[C@]2(C)c3cc(OSC(F)(F)F)ccc3CCC12. The van der Waals surface area contributed by atoms with Gasteiger partial charge >= 0.3 is 11.5 Å². The van der Waals surface area contributed by atoms with E-state index in [0.717, 1.165) is 43.2 Å². The van der Waals surface area contributed by atoms with E-state index in [1.54, 1.807) is 12.1 Å². The van der Waals surface area contributed by atoms with Crippen LogP contribution in [0.4, 0.5) is 13.2 Å². The summed E-state index contributed by atoms with van der Waals surface area (Å²) in [5, 5.41) is 0. The van der Waals surface area contributed by atoms with Crippen LogP contribution in [0, 0.1) is 11.3 Å². The number of benzene rings is 1. The van der Waals surface area contributed by atoms with Crippen LogP contribution in [-0.2, 0) is 21.4 Å². The van der Waals surface area contributed by atoms with Crippen molar-refractivity contribution in [2.24, 2.45) is 11.3 Å². The van der Waals surface area contributed by atoms with Gasteiger partial charge in [-0.1, -0.05) is 19.4 Å². The van der Waals surface area contributed by atoms with Gasteiger partial charge in [0.15, 0.2) is 12.0 Å². The molecule has 3 rings (SSSR count). The van der Waals surface area contributed by atoms with E-state index >= 15 is 0 Å². The highest BCUT2D eigenvalue weighted by atomic mass is 32.2. The number of carbonyl (C=O) groups excluding carboxylic acids is 1. The van der Waals surface area contributed by atoms with Crippen molar-refractivity contribution >= 4 is 18.0 Å². The van der Waals surface area contributed by atoms with Crippen molar-refractivity contribution in [3.63, 3.8) is 0 Å². The van der Waals surface area contributed by atoms with Gasteiger partial charge in [0, 0.05) is 0 Å². The van der Waals surface area contributed by atoms with Crippen molar-refractivity contribution in [3.8, 4) is 5.75 Å². The van der Waals surface area contributed by atoms with Crippen LogP contribution in [0.3, 0.4) is 0 Å². The highest BCUT2D eigenvalue weighted by Crippen LogP contribution is 2.58. The quantitative estimate of drug-likeness (QED) is 0.512. The minimum absolute atomic E-state index is 0.0919. The molecule has 1 aromatic rings. The first kappa shape index (κ1) is 19.4. The molecule has 0 saturated heterocycles. The predicted molar refractivity (Wildman–Crippen MR) is 93.9 cm³/mol. The molecule has 1 aromatic carbocycles. The molecular weight excluding hydrogens is 365 g/mol. The monoisotopic (exact) mass is 388 g/mol. The maximum absolute atomic E-state index is 12.5. The first-order valence-corrected chi connectivity index (χ1v) is 9.48. The summed E-state index contributed by atoms with van der Waals surface area (Å²) in [6.45, 7) is 4.09. The van der Waals surface area contributed by atoms with Crippen molar-refractivity contribution in [2.45, 2.75) is 56.9 Å².